The molecule has 1 atom stereocenters. The minimum Gasteiger partial charge on any atom is -0.466 e. The number of hydrogen-bond donors (Lipinski definition) is 3. The normalized spacial score (nSPS) is 18.6. The monoisotopic (exact) mass is 278 g/mol. The molecule has 20 heavy (non-hydrogen) atoms. The maximum atomic E-state index is 5.55. The minimum absolute atomic E-state index is 0.145. The van der Waals surface area contributed by atoms with Crippen molar-refractivity contribution in [1.82, 2.24) is 20.9 Å². The molecule has 1 aromatic heterocycles. The second kappa shape index (κ2) is 6.42. The van der Waals surface area contributed by atoms with Crippen molar-refractivity contribution < 1.29 is 4.42 Å². The first-order valence-corrected chi connectivity index (χ1v) is 6.67. The van der Waals surface area contributed by atoms with Gasteiger partial charge in [0.2, 0.25) is 11.9 Å². The summed E-state index contributed by atoms with van der Waals surface area (Å²) in [6, 6.07) is 3.98. The molecule has 2 heterocycles. The summed E-state index contributed by atoms with van der Waals surface area (Å²) in [6.07, 6.45) is 0.683. The van der Waals surface area contributed by atoms with Crippen LogP contribution in [0.5, 0.6) is 0 Å². The number of furan rings is 1. The average molecular weight is 278 g/mol. The van der Waals surface area contributed by atoms with Crippen molar-refractivity contribution in [2.75, 3.05) is 27.7 Å². The van der Waals surface area contributed by atoms with Crippen LogP contribution in [0.2, 0.25) is 0 Å². The molecule has 1 unspecified atom stereocenters. The van der Waals surface area contributed by atoms with Crippen LogP contribution in [0.3, 0.4) is 0 Å². The van der Waals surface area contributed by atoms with E-state index < -0.39 is 0 Å². The van der Waals surface area contributed by atoms with Gasteiger partial charge < -0.3 is 20.0 Å². The van der Waals surface area contributed by atoms with Gasteiger partial charge in [-0.3, -0.25) is 5.32 Å². The molecule has 0 amide bonds. The highest BCUT2D eigenvalue weighted by atomic mass is 16.3. The fraction of sp³-hybridized carbons (Fsp3) is 0.538. The van der Waals surface area contributed by atoms with Gasteiger partial charge in [-0.15, -0.1) is 0 Å². The standard InChI is InChI=1S/C13H22N6O/c1-9-5-6-10(20-9)7-8-16-13-18-11(14-2)17-12(15-3)19(13)4/h5-6,13,16H,7-8H2,1-4H3,(H2,14,15,17,18). The smallest absolute Gasteiger partial charge is 0.224 e. The Hall–Kier alpha value is -2.02. The molecule has 110 valence electrons. The highest BCUT2D eigenvalue weighted by Gasteiger charge is 2.21. The fourth-order valence-electron chi connectivity index (χ4n) is 2.01. The summed E-state index contributed by atoms with van der Waals surface area (Å²) in [6.45, 7) is 2.73. The first kappa shape index (κ1) is 14.4. The van der Waals surface area contributed by atoms with Crippen LogP contribution in [0.25, 0.3) is 0 Å². The minimum atomic E-state index is -0.145. The Balaban J connectivity index is 1.91. The maximum absolute atomic E-state index is 5.55. The van der Waals surface area contributed by atoms with E-state index in [1.54, 1.807) is 0 Å². The second-order valence-electron chi connectivity index (χ2n) is 4.59. The number of nitrogens with one attached hydrogen (secondary N) is 3. The third-order valence-electron chi connectivity index (χ3n) is 3.10. The molecule has 0 saturated carbocycles. The van der Waals surface area contributed by atoms with Crippen molar-refractivity contribution in [3.8, 4) is 0 Å². The largest absolute Gasteiger partial charge is 0.466 e. The molecular formula is C13H22N6O. The van der Waals surface area contributed by atoms with Crippen molar-refractivity contribution in [1.29, 1.82) is 0 Å². The predicted molar refractivity (Wildman–Crippen MR) is 79.7 cm³/mol. The Morgan fingerprint density at radius 1 is 1.30 bits per heavy atom. The summed E-state index contributed by atoms with van der Waals surface area (Å²) in [5.41, 5.74) is 0. The van der Waals surface area contributed by atoms with E-state index in [2.05, 4.69) is 25.9 Å². The molecule has 0 bridgehead atoms. The van der Waals surface area contributed by atoms with Crippen molar-refractivity contribution in [3.63, 3.8) is 0 Å². The number of hydrogen-bond acceptors (Lipinski definition) is 7. The molecule has 1 aliphatic heterocycles. The summed E-state index contributed by atoms with van der Waals surface area (Å²) in [7, 11) is 5.60. The molecule has 7 heteroatoms. The SMILES string of the molecule is CNC1=NC(NCCc2ccc(C)o2)N(C)C(NC)=N1. The van der Waals surface area contributed by atoms with Crippen LogP contribution in [-0.2, 0) is 6.42 Å². The molecule has 3 N–H and O–H groups in total. The van der Waals surface area contributed by atoms with Gasteiger partial charge in [-0.2, -0.15) is 4.99 Å². The lowest BCUT2D eigenvalue weighted by Gasteiger charge is -2.31. The van der Waals surface area contributed by atoms with E-state index in [0.29, 0.717) is 5.96 Å². The van der Waals surface area contributed by atoms with Crippen LogP contribution in [0.4, 0.5) is 0 Å². The van der Waals surface area contributed by atoms with E-state index in [1.807, 2.05) is 45.1 Å². The highest BCUT2D eigenvalue weighted by molar-refractivity contribution is 5.96. The molecular weight excluding hydrogens is 256 g/mol. The zero-order chi connectivity index (χ0) is 14.5. The van der Waals surface area contributed by atoms with Gasteiger partial charge in [0.05, 0.1) is 0 Å². The van der Waals surface area contributed by atoms with E-state index in [-0.39, 0.29) is 6.29 Å². The van der Waals surface area contributed by atoms with Gasteiger partial charge in [0.1, 0.15) is 11.5 Å². The van der Waals surface area contributed by atoms with Crippen molar-refractivity contribution in [2.24, 2.45) is 9.98 Å². The van der Waals surface area contributed by atoms with Crippen LogP contribution in [0.15, 0.2) is 26.5 Å². The summed E-state index contributed by atoms with van der Waals surface area (Å²) < 4.78 is 5.55. The maximum Gasteiger partial charge on any atom is 0.224 e. The summed E-state index contributed by atoms with van der Waals surface area (Å²) >= 11 is 0. The average Bonchev–Trinajstić information content (AvgIpc) is 2.86. The highest BCUT2D eigenvalue weighted by Crippen LogP contribution is 2.07. The van der Waals surface area contributed by atoms with Gasteiger partial charge in [-0.05, 0) is 19.1 Å². The van der Waals surface area contributed by atoms with Crippen molar-refractivity contribution in [3.05, 3.63) is 23.7 Å². The van der Waals surface area contributed by atoms with Crippen LogP contribution in [0.1, 0.15) is 11.5 Å². The van der Waals surface area contributed by atoms with E-state index in [4.69, 9.17) is 4.42 Å². The molecule has 0 aromatic carbocycles. The molecule has 0 fully saturated rings. The molecule has 1 aliphatic rings. The van der Waals surface area contributed by atoms with Gasteiger partial charge >= 0.3 is 0 Å². The van der Waals surface area contributed by atoms with E-state index in [9.17, 15) is 0 Å². The predicted octanol–water partition coefficient (Wildman–Crippen LogP) is 0.0999. The van der Waals surface area contributed by atoms with E-state index in [0.717, 1.165) is 30.4 Å². The fourth-order valence-corrected chi connectivity index (χ4v) is 2.01. The van der Waals surface area contributed by atoms with Gasteiger partial charge in [0.25, 0.3) is 0 Å². The van der Waals surface area contributed by atoms with Crippen molar-refractivity contribution >= 4 is 11.9 Å². The molecule has 7 nitrogen and oxygen atoms in total. The molecule has 0 radical (unpaired) electrons. The van der Waals surface area contributed by atoms with Gasteiger partial charge in [0.15, 0.2) is 6.29 Å². The Bertz CT molecular complexity index is 507. The quantitative estimate of drug-likeness (QED) is 0.728. The Morgan fingerprint density at radius 3 is 2.70 bits per heavy atom. The van der Waals surface area contributed by atoms with Crippen LogP contribution in [0, 0.1) is 6.92 Å². The van der Waals surface area contributed by atoms with Gasteiger partial charge in [0, 0.05) is 34.1 Å². The first-order valence-electron chi connectivity index (χ1n) is 6.67. The van der Waals surface area contributed by atoms with Crippen LogP contribution in [-0.4, -0.2) is 50.8 Å². The Kier molecular flexibility index (Phi) is 4.62. The lowest BCUT2D eigenvalue weighted by Crippen LogP contribution is -2.53. The zero-order valence-electron chi connectivity index (χ0n) is 12.4. The van der Waals surface area contributed by atoms with Gasteiger partial charge in [-0.1, -0.05) is 0 Å². The molecule has 2 rings (SSSR count). The van der Waals surface area contributed by atoms with Gasteiger partial charge in [-0.25, -0.2) is 4.99 Å². The summed E-state index contributed by atoms with van der Waals surface area (Å²) in [4.78, 5) is 10.8. The lowest BCUT2D eigenvalue weighted by molar-refractivity contribution is 0.301. The number of nitrogens with zero attached hydrogens (tertiary/aromatic N) is 3. The Morgan fingerprint density at radius 2 is 2.10 bits per heavy atom. The van der Waals surface area contributed by atoms with E-state index >= 15 is 0 Å². The topological polar surface area (TPSA) is 77.2 Å². The summed E-state index contributed by atoms with van der Waals surface area (Å²) in [5, 5.41) is 9.40. The molecule has 0 saturated heterocycles. The first-order chi connectivity index (χ1) is 9.63. The second-order valence-corrected chi connectivity index (χ2v) is 4.59. The molecule has 1 aromatic rings. The third-order valence-corrected chi connectivity index (χ3v) is 3.10. The molecule has 0 aliphatic carbocycles. The van der Waals surface area contributed by atoms with Crippen LogP contribution < -0.4 is 16.0 Å². The van der Waals surface area contributed by atoms with Crippen molar-refractivity contribution in [2.45, 2.75) is 19.6 Å². The van der Waals surface area contributed by atoms with E-state index in [1.165, 1.54) is 0 Å². The molecule has 0 spiro atoms. The number of aryl methyl sites for hydroxylation is 1. The Labute approximate surface area is 119 Å². The van der Waals surface area contributed by atoms with Crippen LogP contribution >= 0.6 is 0 Å². The summed E-state index contributed by atoms with van der Waals surface area (Å²) in [5.74, 6) is 3.30. The number of aliphatic imine (C=N–C) groups is 2. The third kappa shape index (κ3) is 3.30. The lowest BCUT2D eigenvalue weighted by atomic mass is 10.3. The number of guanidine groups is 2. The zero-order valence-corrected chi connectivity index (χ0v) is 12.4. The number of rotatable bonds is 4.